The molecule has 0 aliphatic heterocycles. The molecule has 1 aromatic heterocycles. The smallest absolute Gasteiger partial charge is 0.191 e. The van der Waals surface area contributed by atoms with E-state index >= 15 is 0 Å². The zero-order chi connectivity index (χ0) is 16.0. The Hall–Kier alpha value is -1.56. The maximum absolute atomic E-state index is 5.54. The van der Waals surface area contributed by atoms with Gasteiger partial charge in [0.2, 0.25) is 0 Å². The fraction of sp³-hybridized carbons (Fsp3) is 0.750. The minimum atomic E-state index is 0.780. The number of rotatable bonds is 11. The molecule has 1 aromatic rings. The first kappa shape index (κ1) is 18.5. The quantitative estimate of drug-likeness (QED) is 0.372. The summed E-state index contributed by atoms with van der Waals surface area (Å²) in [5, 5.41) is 10.8. The number of hydrogen-bond acceptors (Lipinski definition) is 3. The van der Waals surface area contributed by atoms with Crippen LogP contribution in [0.25, 0.3) is 0 Å². The molecule has 6 nitrogen and oxygen atoms in total. The average molecular weight is 309 g/mol. The second-order valence-electron chi connectivity index (χ2n) is 5.29. The Labute approximate surface area is 134 Å². The minimum absolute atomic E-state index is 0.780. The monoisotopic (exact) mass is 309 g/mol. The van der Waals surface area contributed by atoms with Crippen LogP contribution in [-0.4, -0.2) is 48.6 Å². The fourth-order valence-electron chi connectivity index (χ4n) is 1.93. The maximum atomic E-state index is 5.54. The van der Waals surface area contributed by atoms with E-state index in [9.17, 15) is 0 Å². The molecule has 0 saturated carbocycles. The number of aromatic nitrogens is 2. The topological polar surface area (TPSA) is 63.5 Å². The van der Waals surface area contributed by atoms with Gasteiger partial charge in [0.1, 0.15) is 0 Å². The highest BCUT2D eigenvalue weighted by Gasteiger charge is 1.98. The molecule has 0 aliphatic carbocycles. The molecule has 0 radical (unpaired) electrons. The number of aliphatic imine (C=N–C) groups is 1. The molecule has 1 heterocycles. The van der Waals surface area contributed by atoms with Gasteiger partial charge in [0.25, 0.3) is 0 Å². The van der Waals surface area contributed by atoms with Gasteiger partial charge in [0.05, 0.1) is 12.7 Å². The number of nitrogens with one attached hydrogen (secondary N) is 2. The zero-order valence-electron chi connectivity index (χ0n) is 14.3. The van der Waals surface area contributed by atoms with Crippen LogP contribution in [0, 0.1) is 6.92 Å². The minimum Gasteiger partial charge on any atom is -0.381 e. The van der Waals surface area contributed by atoms with E-state index in [1.807, 2.05) is 24.0 Å². The van der Waals surface area contributed by atoms with Gasteiger partial charge in [0.15, 0.2) is 5.96 Å². The average Bonchev–Trinajstić information content (AvgIpc) is 2.92. The third kappa shape index (κ3) is 8.67. The Balaban J connectivity index is 2.18. The van der Waals surface area contributed by atoms with Gasteiger partial charge in [-0.05, 0) is 32.3 Å². The summed E-state index contributed by atoms with van der Waals surface area (Å²) in [5.74, 6) is 0.861. The second kappa shape index (κ2) is 12.0. The lowest BCUT2D eigenvalue weighted by Gasteiger charge is -2.11. The molecule has 0 saturated heterocycles. The molecule has 0 atom stereocenters. The number of unbranched alkanes of at least 4 members (excludes halogenated alkanes) is 1. The van der Waals surface area contributed by atoms with E-state index in [0.717, 1.165) is 58.2 Å². The zero-order valence-corrected chi connectivity index (χ0v) is 14.3. The van der Waals surface area contributed by atoms with Crippen molar-refractivity contribution in [3.8, 4) is 0 Å². The number of hydrogen-bond donors (Lipinski definition) is 2. The molecule has 0 aromatic carbocycles. The van der Waals surface area contributed by atoms with Crippen molar-refractivity contribution in [1.29, 1.82) is 0 Å². The van der Waals surface area contributed by atoms with E-state index in [4.69, 9.17) is 4.74 Å². The largest absolute Gasteiger partial charge is 0.381 e. The first-order chi connectivity index (χ1) is 10.8. The molecule has 0 aliphatic rings. The number of ether oxygens (including phenoxy) is 1. The van der Waals surface area contributed by atoms with Crippen LogP contribution < -0.4 is 10.6 Å². The Morgan fingerprint density at radius 2 is 2.09 bits per heavy atom. The van der Waals surface area contributed by atoms with E-state index < -0.39 is 0 Å². The highest BCUT2D eigenvalue weighted by Crippen LogP contribution is 1.93. The predicted molar refractivity (Wildman–Crippen MR) is 91.3 cm³/mol. The highest BCUT2D eigenvalue weighted by molar-refractivity contribution is 5.79. The van der Waals surface area contributed by atoms with Crippen LogP contribution in [0.2, 0.25) is 0 Å². The molecule has 0 fully saturated rings. The van der Waals surface area contributed by atoms with Gasteiger partial charge in [-0.2, -0.15) is 5.10 Å². The summed E-state index contributed by atoms with van der Waals surface area (Å²) in [5.41, 5.74) is 1.18. The van der Waals surface area contributed by atoms with Gasteiger partial charge >= 0.3 is 0 Å². The van der Waals surface area contributed by atoms with Gasteiger partial charge in [-0.3, -0.25) is 9.67 Å². The Kier molecular flexibility index (Phi) is 10.1. The molecule has 1 rings (SSSR count). The van der Waals surface area contributed by atoms with Crippen LogP contribution in [0.4, 0.5) is 0 Å². The van der Waals surface area contributed by atoms with Crippen molar-refractivity contribution in [2.45, 2.75) is 46.6 Å². The van der Waals surface area contributed by atoms with Crippen molar-refractivity contribution >= 4 is 5.96 Å². The molecule has 0 unspecified atom stereocenters. The normalized spacial score (nSPS) is 11.7. The van der Waals surface area contributed by atoms with Crippen molar-refractivity contribution in [2.75, 3.05) is 32.8 Å². The van der Waals surface area contributed by atoms with Crippen molar-refractivity contribution < 1.29 is 4.74 Å². The number of aryl methyl sites for hydroxylation is 1. The molecule has 22 heavy (non-hydrogen) atoms. The number of nitrogens with zero attached hydrogens (tertiary/aromatic N) is 3. The fourth-order valence-corrected chi connectivity index (χ4v) is 1.93. The van der Waals surface area contributed by atoms with Crippen LogP contribution in [0.5, 0.6) is 0 Å². The predicted octanol–water partition coefficient (Wildman–Crippen LogP) is 1.95. The van der Waals surface area contributed by atoms with E-state index in [-0.39, 0.29) is 0 Å². The Bertz CT molecular complexity index is 416. The summed E-state index contributed by atoms with van der Waals surface area (Å²) in [6.07, 6.45) is 7.19. The summed E-state index contributed by atoms with van der Waals surface area (Å²) in [4.78, 5) is 4.55. The summed E-state index contributed by atoms with van der Waals surface area (Å²) >= 11 is 0. The van der Waals surface area contributed by atoms with E-state index in [1.165, 1.54) is 12.0 Å². The molecular formula is C16H31N5O. The molecule has 0 bridgehead atoms. The van der Waals surface area contributed by atoms with Crippen molar-refractivity contribution in [3.05, 3.63) is 18.0 Å². The van der Waals surface area contributed by atoms with Crippen LogP contribution in [0.1, 0.15) is 38.7 Å². The van der Waals surface area contributed by atoms with E-state index in [1.54, 1.807) is 0 Å². The first-order valence-electron chi connectivity index (χ1n) is 8.35. The summed E-state index contributed by atoms with van der Waals surface area (Å²) < 4.78 is 7.47. The lowest BCUT2D eigenvalue weighted by molar-refractivity contribution is 0.130. The first-order valence-corrected chi connectivity index (χ1v) is 8.35. The van der Waals surface area contributed by atoms with E-state index in [2.05, 4.69) is 34.6 Å². The van der Waals surface area contributed by atoms with Gasteiger partial charge in [-0.25, -0.2) is 0 Å². The summed E-state index contributed by atoms with van der Waals surface area (Å²) in [6, 6.07) is 0. The number of guanidine groups is 1. The van der Waals surface area contributed by atoms with E-state index in [0.29, 0.717) is 0 Å². The molecule has 0 spiro atoms. The van der Waals surface area contributed by atoms with Crippen LogP contribution in [-0.2, 0) is 11.3 Å². The van der Waals surface area contributed by atoms with Crippen molar-refractivity contribution in [1.82, 2.24) is 20.4 Å². The molecule has 6 heteroatoms. The second-order valence-corrected chi connectivity index (χ2v) is 5.29. The Morgan fingerprint density at radius 3 is 2.77 bits per heavy atom. The molecule has 0 amide bonds. The van der Waals surface area contributed by atoms with Crippen molar-refractivity contribution in [3.63, 3.8) is 0 Å². The molecular weight excluding hydrogens is 278 g/mol. The van der Waals surface area contributed by atoms with Gasteiger partial charge in [-0.15, -0.1) is 0 Å². The van der Waals surface area contributed by atoms with Crippen LogP contribution >= 0.6 is 0 Å². The summed E-state index contributed by atoms with van der Waals surface area (Å²) in [6.45, 7) is 11.2. The maximum Gasteiger partial charge on any atom is 0.191 e. The Morgan fingerprint density at radius 1 is 1.27 bits per heavy atom. The third-order valence-corrected chi connectivity index (χ3v) is 3.10. The van der Waals surface area contributed by atoms with Crippen molar-refractivity contribution in [2.24, 2.45) is 4.99 Å². The standard InChI is InChI=1S/C16H31N5O/c1-4-6-11-22-12-7-8-18-16(17-5-2)19-9-10-21-14-15(3)13-20-21/h13-14H,4-12H2,1-3H3,(H2,17,18,19). The molecule has 2 N–H and O–H groups in total. The van der Waals surface area contributed by atoms with Crippen LogP contribution in [0.15, 0.2) is 17.4 Å². The third-order valence-electron chi connectivity index (χ3n) is 3.10. The van der Waals surface area contributed by atoms with Gasteiger partial charge in [0, 0.05) is 39.0 Å². The van der Waals surface area contributed by atoms with Gasteiger partial charge < -0.3 is 15.4 Å². The highest BCUT2D eigenvalue weighted by atomic mass is 16.5. The molecule has 126 valence electrons. The lowest BCUT2D eigenvalue weighted by atomic mass is 10.4. The SMILES string of the molecule is CCCCOCCCN=C(NCC)NCCn1cc(C)cn1. The summed E-state index contributed by atoms with van der Waals surface area (Å²) in [7, 11) is 0. The van der Waals surface area contributed by atoms with Crippen LogP contribution in [0.3, 0.4) is 0 Å². The van der Waals surface area contributed by atoms with Gasteiger partial charge in [-0.1, -0.05) is 13.3 Å². The lowest BCUT2D eigenvalue weighted by Crippen LogP contribution is -2.39.